The van der Waals surface area contributed by atoms with Gasteiger partial charge in [0.05, 0.1) is 10.6 Å². The molecule has 140 valence electrons. The molecular weight excluding hydrogens is 366 g/mol. The third-order valence-electron chi connectivity index (χ3n) is 4.21. The van der Waals surface area contributed by atoms with Gasteiger partial charge in [0.15, 0.2) is 9.84 Å². The Morgan fingerprint density at radius 1 is 1.12 bits per heavy atom. The van der Waals surface area contributed by atoms with E-state index in [2.05, 4.69) is 25.2 Å². The number of thioether (sulfide) groups is 1. The number of anilines is 1. The molecule has 1 unspecified atom stereocenters. The van der Waals surface area contributed by atoms with Crippen molar-refractivity contribution in [2.45, 2.75) is 49.2 Å². The monoisotopic (exact) mass is 391 g/mol. The summed E-state index contributed by atoms with van der Waals surface area (Å²) in [4.78, 5) is 13.9. The quantitative estimate of drug-likeness (QED) is 0.680. The summed E-state index contributed by atoms with van der Waals surface area (Å²) in [5.41, 5.74) is 2.18. The van der Waals surface area contributed by atoms with Crippen molar-refractivity contribution in [3.05, 3.63) is 53.6 Å². The minimum Gasteiger partial charge on any atom is -0.322 e. The molecule has 26 heavy (non-hydrogen) atoms. The fourth-order valence-electron chi connectivity index (χ4n) is 2.34. The van der Waals surface area contributed by atoms with E-state index < -0.39 is 9.84 Å². The predicted octanol–water partition coefficient (Wildman–Crippen LogP) is 4.93. The Bertz CT molecular complexity index is 874. The zero-order chi connectivity index (χ0) is 19.3. The number of carbonyl (C=O) groups is 1. The minimum absolute atomic E-state index is 0.0404. The molecule has 4 nitrogen and oxygen atoms in total. The molecule has 0 radical (unpaired) electrons. The fraction of sp³-hybridized carbons (Fsp3) is 0.350. The van der Waals surface area contributed by atoms with Crippen LogP contribution in [-0.2, 0) is 9.84 Å². The van der Waals surface area contributed by atoms with E-state index in [1.807, 2.05) is 30.8 Å². The summed E-state index contributed by atoms with van der Waals surface area (Å²) in [7, 11) is -3.26. The number of hydrogen-bond donors (Lipinski definition) is 1. The highest BCUT2D eigenvalue weighted by atomic mass is 32.2. The van der Waals surface area contributed by atoms with Crippen molar-refractivity contribution in [1.82, 2.24) is 0 Å². The summed E-state index contributed by atoms with van der Waals surface area (Å²) in [5.74, 6) is -0.213. The summed E-state index contributed by atoms with van der Waals surface area (Å²) in [5, 5.41) is 3.44. The number of sulfone groups is 1. The lowest BCUT2D eigenvalue weighted by Gasteiger charge is -2.12. The van der Waals surface area contributed by atoms with Crippen LogP contribution in [-0.4, -0.2) is 25.3 Å². The molecule has 6 heteroatoms. The highest BCUT2D eigenvalue weighted by Gasteiger charge is 2.13. The lowest BCUT2D eigenvalue weighted by molar-refractivity contribution is 0.102. The average molecular weight is 392 g/mol. The third-order valence-corrected chi connectivity index (χ3v) is 7.23. The molecule has 0 aliphatic carbocycles. The van der Waals surface area contributed by atoms with E-state index >= 15 is 0 Å². The number of benzene rings is 2. The maximum Gasteiger partial charge on any atom is 0.255 e. The summed E-state index contributed by atoms with van der Waals surface area (Å²) in [6.45, 7) is 7.92. The molecule has 0 aliphatic rings. The summed E-state index contributed by atoms with van der Waals surface area (Å²) >= 11 is 1.82. The van der Waals surface area contributed by atoms with E-state index in [0.29, 0.717) is 10.8 Å². The Morgan fingerprint density at radius 3 is 2.31 bits per heavy atom. The van der Waals surface area contributed by atoms with Gasteiger partial charge >= 0.3 is 0 Å². The van der Waals surface area contributed by atoms with Crippen LogP contribution < -0.4 is 5.32 Å². The second kappa shape index (κ2) is 8.73. The standard InChI is InChI=1S/C20H25NO3S2/c1-5-15(4)25-17-9-12-19(14(3)13-17)21-20(22)16-7-10-18(11-8-16)26(23,24)6-2/h7-13,15H,5-6H2,1-4H3,(H,21,22). The van der Waals surface area contributed by atoms with E-state index in [9.17, 15) is 13.2 Å². The third kappa shape index (κ3) is 5.11. The van der Waals surface area contributed by atoms with Crippen LogP contribution in [0.4, 0.5) is 5.69 Å². The Balaban J connectivity index is 2.12. The van der Waals surface area contributed by atoms with Gasteiger partial charge in [0.1, 0.15) is 0 Å². The molecule has 2 rings (SSSR count). The Hall–Kier alpha value is -1.79. The smallest absolute Gasteiger partial charge is 0.255 e. The zero-order valence-electron chi connectivity index (χ0n) is 15.6. The van der Waals surface area contributed by atoms with Crippen molar-refractivity contribution in [2.75, 3.05) is 11.1 Å². The van der Waals surface area contributed by atoms with Crippen molar-refractivity contribution in [3.63, 3.8) is 0 Å². The summed E-state index contributed by atoms with van der Waals surface area (Å²) in [6, 6.07) is 12.0. The van der Waals surface area contributed by atoms with E-state index in [1.54, 1.807) is 19.1 Å². The van der Waals surface area contributed by atoms with Crippen LogP contribution in [0.1, 0.15) is 43.1 Å². The molecule has 2 aromatic rings. The molecule has 0 saturated heterocycles. The maximum atomic E-state index is 12.4. The van der Waals surface area contributed by atoms with Gasteiger partial charge in [-0.2, -0.15) is 0 Å². The van der Waals surface area contributed by atoms with Gasteiger partial charge in [0.2, 0.25) is 0 Å². The first-order chi connectivity index (χ1) is 12.3. The topological polar surface area (TPSA) is 63.2 Å². The molecule has 1 N–H and O–H groups in total. The molecule has 0 spiro atoms. The van der Waals surface area contributed by atoms with Gasteiger partial charge < -0.3 is 5.32 Å². The van der Waals surface area contributed by atoms with Crippen molar-refractivity contribution in [1.29, 1.82) is 0 Å². The van der Waals surface area contributed by atoms with Crippen LogP contribution in [0, 0.1) is 6.92 Å². The fourth-order valence-corrected chi connectivity index (χ4v) is 4.25. The first-order valence-electron chi connectivity index (χ1n) is 8.68. The van der Waals surface area contributed by atoms with Crippen LogP contribution in [0.3, 0.4) is 0 Å². The van der Waals surface area contributed by atoms with E-state index in [1.165, 1.54) is 17.0 Å². The lowest BCUT2D eigenvalue weighted by atomic mass is 10.1. The van der Waals surface area contributed by atoms with Gasteiger partial charge in [0, 0.05) is 21.4 Å². The van der Waals surface area contributed by atoms with Gasteiger partial charge in [-0.25, -0.2) is 8.42 Å². The molecule has 0 bridgehead atoms. The number of nitrogens with one attached hydrogen (secondary N) is 1. The predicted molar refractivity (Wildman–Crippen MR) is 109 cm³/mol. The molecule has 0 aliphatic heterocycles. The summed E-state index contributed by atoms with van der Waals surface area (Å²) in [6.07, 6.45) is 1.10. The lowest BCUT2D eigenvalue weighted by Crippen LogP contribution is -2.13. The van der Waals surface area contributed by atoms with Crippen LogP contribution in [0.2, 0.25) is 0 Å². The van der Waals surface area contributed by atoms with E-state index in [0.717, 1.165) is 17.7 Å². The Kier molecular flexibility index (Phi) is 6.89. The number of carbonyl (C=O) groups excluding carboxylic acids is 1. The van der Waals surface area contributed by atoms with Crippen LogP contribution in [0.5, 0.6) is 0 Å². The second-order valence-corrected chi connectivity index (χ2v) is 9.99. The normalized spacial score (nSPS) is 12.6. The van der Waals surface area contributed by atoms with Crippen molar-refractivity contribution < 1.29 is 13.2 Å². The average Bonchev–Trinajstić information content (AvgIpc) is 2.63. The van der Waals surface area contributed by atoms with Gasteiger partial charge in [-0.15, -0.1) is 11.8 Å². The second-order valence-electron chi connectivity index (χ2n) is 6.20. The maximum absolute atomic E-state index is 12.4. The molecular formula is C20H25NO3S2. The first kappa shape index (κ1) is 20.5. The molecule has 0 heterocycles. The number of amides is 1. The molecule has 0 fully saturated rings. The minimum atomic E-state index is -3.26. The van der Waals surface area contributed by atoms with Crippen LogP contribution in [0.15, 0.2) is 52.3 Å². The van der Waals surface area contributed by atoms with Gasteiger partial charge in [-0.3, -0.25) is 4.79 Å². The van der Waals surface area contributed by atoms with Gasteiger partial charge in [-0.05, 0) is 61.4 Å². The van der Waals surface area contributed by atoms with Crippen molar-refractivity contribution >= 4 is 33.2 Å². The van der Waals surface area contributed by atoms with Gasteiger partial charge in [0.25, 0.3) is 5.91 Å². The highest BCUT2D eigenvalue weighted by Crippen LogP contribution is 2.28. The molecule has 1 amide bonds. The number of hydrogen-bond acceptors (Lipinski definition) is 4. The number of aryl methyl sites for hydroxylation is 1. The molecule has 0 aromatic heterocycles. The van der Waals surface area contributed by atoms with E-state index in [-0.39, 0.29) is 16.6 Å². The molecule has 0 saturated carbocycles. The van der Waals surface area contributed by atoms with E-state index in [4.69, 9.17) is 0 Å². The number of rotatable bonds is 7. The zero-order valence-corrected chi connectivity index (χ0v) is 17.2. The van der Waals surface area contributed by atoms with Crippen molar-refractivity contribution in [2.24, 2.45) is 0 Å². The Morgan fingerprint density at radius 2 is 1.77 bits per heavy atom. The van der Waals surface area contributed by atoms with Crippen LogP contribution >= 0.6 is 11.8 Å². The molecule has 1 atom stereocenters. The van der Waals surface area contributed by atoms with Gasteiger partial charge in [-0.1, -0.05) is 20.8 Å². The summed E-state index contributed by atoms with van der Waals surface area (Å²) < 4.78 is 23.7. The first-order valence-corrected chi connectivity index (χ1v) is 11.2. The van der Waals surface area contributed by atoms with Crippen molar-refractivity contribution in [3.8, 4) is 0 Å². The molecule has 2 aromatic carbocycles. The highest BCUT2D eigenvalue weighted by molar-refractivity contribution is 8.00. The largest absolute Gasteiger partial charge is 0.322 e. The van der Waals surface area contributed by atoms with Crippen LogP contribution in [0.25, 0.3) is 0 Å². The SMILES string of the molecule is CCC(C)Sc1ccc(NC(=O)c2ccc(S(=O)(=O)CC)cc2)c(C)c1. The Labute approximate surface area is 160 Å².